The van der Waals surface area contributed by atoms with Gasteiger partial charge in [0.25, 0.3) is 0 Å². The molecule has 6 rings (SSSR count). The highest BCUT2D eigenvalue weighted by molar-refractivity contribution is 5.83. The number of hydrogen-bond donors (Lipinski definition) is 1. The molecule has 4 aliphatic carbocycles. The number of benzene rings is 1. The maximum absolute atomic E-state index is 13.5. The zero-order valence-electron chi connectivity index (χ0n) is 15.4. The molecular weight excluding hydrogens is 327 g/mol. The maximum Gasteiger partial charge on any atom is 0.228 e. The first-order valence-electron chi connectivity index (χ1n) is 10.4. The number of amides is 1. The fourth-order valence-corrected chi connectivity index (χ4v) is 6.77. The summed E-state index contributed by atoms with van der Waals surface area (Å²) in [4.78, 5) is 15.7. The van der Waals surface area contributed by atoms with E-state index in [0.29, 0.717) is 5.91 Å². The number of carbonyl (C=O) groups is 1. The van der Waals surface area contributed by atoms with E-state index in [9.17, 15) is 9.18 Å². The Balaban J connectivity index is 1.28. The van der Waals surface area contributed by atoms with Gasteiger partial charge in [0, 0.05) is 24.8 Å². The van der Waals surface area contributed by atoms with E-state index in [4.69, 9.17) is 0 Å². The topological polar surface area (TPSA) is 32.3 Å². The predicted octanol–water partition coefficient (Wildman–Crippen LogP) is 4.45. The third-order valence-electron chi connectivity index (χ3n) is 7.42. The molecule has 1 aliphatic heterocycles. The van der Waals surface area contributed by atoms with Crippen molar-refractivity contribution < 1.29 is 9.18 Å². The van der Waals surface area contributed by atoms with Crippen molar-refractivity contribution in [3.63, 3.8) is 0 Å². The SMILES string of the molecule is O=C(N1CCC[C@H](Nc2ccc(F)cc2)C1)C12CC3CC(CC(C3)C1)C2. The number of piperidine rings is 1. The Morgan fingerprint density at radius 2 is 1.65 bits per heavy atom. The molecule has 1 heterocycles. The minimum Gasteiger partial charge on any atom is -0.381 e. The molecule has 1 atom stereocenters. The van der Waals surface area contributed by atoms with Crippen molar-refractivity contribution in [3.05, 3.63) is 30.1 Å². The van der Waals surface area contributed by atoms with E-state index < -0.39 is 0 Å². The standard InChI is InChI=1S/C22H29FN2O/c23-18-3-5-19(6-4-18)24-20-2-1-7-25(14-20)21(26)22-11-15-8-16(12-22)10-17(9-15)13-22/h3-6,15-17,20,24H,1-2,7-14H2/t15?,16?,17?,20-,22?/m0/s1. The average Bonchev–Trinajstić information content (AvgIpc) is 2.62. The van der Waals surface area contributed by atoms with Gasteiger partial charge >= 0.3 is 0 Å². The average molecular weight is 356 g/mol. The van der Waals surface area contributed by atoms with Crippen molar-refractivity contribution in [1.82, 2.24) is 4.90 Å². The molecule has 140 valence electrons. The smallest absolute Gasteiger partial charge is 0.228 e. The second-order valence-corrected chi connectivity index (χ2v) is 9.44. The van der Waals surface area contributed by atoms with Crippen LogP contribution in [-0.4, -0.2) is 29.9 Å². The summed E-state index contributed by atoms with van der Waals surface area (Å²) in [7, 11) is 0. The van der Waals surface area contributed by atoms with Crippen LogP contribution in [0, 0.1) is 29.0 Å². The first-order valence-corrected chi connectivity index (χ1v) is 10.4. The van der Waals surface area contributed by atoms with Gasteiger partial charge in [-0.25, -0.2) is 4.39 Å². The normalized spacial score (nSPS) is 38.4. The lowest BCUT2D eigenvalue weighted by atomic mass is 9.49. The van der Waals surface area contributed by atoms with Crippen molar-refractivity contribution >= 4 is 11.6 Å². The van der Waals surface area contributed by atoms with Gasteiger partial charge in [0.05, 0.1) is 5.41 Å². The Hall–Kier alpha value is -1.58. The van der Waals surface area contributed by atoms with Crippen molar-refractivity contribution in [3.8, 4) is 0 Å². The first-order chi connectivity index (χ1) is 12.6. The minimum absolute atomic E-state index is 0.0352. The van der Waals surface area contributed by atoms with Crippen LogP contribution in [0.15, 0.2) is 24.3 Å². The van der Waals surface area contributed by atoms with Crippen LogP contribution < -0.4 is 5.32 Å². The van der Waals surface area contributed by atoms with Crippen molar-refractivity contribution in [2.75, 3.05) is 18.4 Å². The van der Waals surface area contributed by atoms with Crippen LogP contribution in [0.5, 0.6) is 0 Å². The number of nitrogens with one attached hydrogen (secondary N) is 1. The van der Waals surface area contributed by atoms with Crippen LogP contribution in [-0.2, 0) is 4.79 Å². The molecule has 5 aliphatic rings. The second kappa shape index (κ2) is 6.24. The summed E-state index contributed by atoms with van der Waals surface area (Å²) < 4.78 is 13.1. The lowest BCUT2D eigenvalue weighted by molar-refractivity contribution is -0.158. The molecule has 3 nitrogen and oxygen atoms in total. The summed E-state index contributed by atoms with van der Waals surface area (Å²) in [5.74, 6) is 2.66. The molecular formula is C22H29FN2O. The van der Waals surface area contributed by atoms with Crippen molar-refractivity contribution in [2.24, 2.45) is 23.2 Å². The number of carbonyl (C=O) groups excluding carboxylic acids is 1. The third-order valence-corrected chi connectivity index (χ3v) is 7.42. The van der Waals surface area contributed by atoms with E-state index in [1.54, 1.807) is 12.1 Å². The van der Waals surface area contributed by atoms with Crippen LogP contribution in [0.25, 0.3) is 0 Å². The molecule has 1 saturated heterocycles. The van der Waals surface area contributed by atoms with Gasteiger partial charge in [-0.05, 0) is 93.4 Å². The first kappa shape index (κ1) is 16.6. The Kier molecular flexibility index (Phi) is 3.98. The molecule has 4 saturated carbocycles. The van der Waals surface area contributed by atoms with E-state index in [2.05, 4.69) is 10.2 Å². The Labute approximate surface area is 155 Å². The van der Waals surface area contributed by atoms with Gasteiger partial charge in [-0.2, -0.15) is 0 Å². The summed E-state index contributed by atoms with van der Waals surface area (Å²) in [5.41, 5.74) is 0.910. The number of halogens is 1. The number of rotatable bonds is 3. The second-order valence-electron chi connectivity index (χ2n) is 9.44. The quantitative estimate of drug-likeness (QED) is 0.868. The van der Waals surface area contributed by atoms with Crippen molar-refractivity contribution in [1.29, 1.82) is 0 Å². The molecule has 0 aromatic heterocycles. The zero-order valence-corrected chi connectivity index (χ0v) is 15.4. The van der Waals surface area contributed by atoms with E-state index >= 15 is 0 Å². The molecule has 4 bridgehead atoms. The fraction of sp³-hybridized carbons (Fsp3) is 0.682. The predicted molar refractivity (Wildman–Crippen MR) is 100 cm³/mol. The molecule has 0 unspecified atom stereocenters. The van der Waals surface area contributed by atoms with Crippen LogP contribution in [0.1, 0.15) is 51.4 Å². The summed E-state index contributed by atoms with van der Waals surface area (Å²) in [5, 5.41) is 3.51. The summed E-state index contributed by atoms with van der Waals surface area (Å²) >= 11 is 0. The molecule has 0 radical (unpaired) electrons. The van der Waals surface area contributed by atoms with Crippen LogP contribution in [0.3, 0.4) is 0 Å². The van der Waals surface area contributed by atoms with Gasteiger partial charge in [0.2, 0.25) is 5.91 Å². The Morgan fingerprint density at radius 3 is 2.27 bits per heavy atom. The summed E-state index contributed by atoms with van der Waals surface area (Å²) in [6.07, 6.45) is 9.68. The number of hydrogen-bond acceptors (Lipinski definition) is 2. The van der Waals surface area contributed by atoms with E-state index in [0.717, 1.165) is 68.6 Å². The van der Waals surface area contributed by atoms with Gasteiger partial charge in [0.1, 0.15) is 5.82 Å². The molecule has 26 heavy (non-hydrogen) atoms. The molecule has 4 heteroatoms. The number of likely N-dealkylation sites (tertiary alicyclic amines) is 1. The van der Waals surface area contributed by atoms with Gasteiger partial charge in [-0.15, -0.1) is 0 Å². The van der Waals surface area contributed by atoms with Gasteiger partial charge in [0.15, 0.2) is 0 Å². The highest BCUT2D eigenvalue weighted by atomic mass is 19.1. The molecule has 5 fully saturated rings. The lowest BCUT2D eigenvalue weighted by Gasteiger charge is -2.57. The molecule has 1 amide bonds. The Bertz CT molecular complexity index is 651. The molecule has 1 aromatic rings. The van der Waals surface area contributed by atoms with Crippen LogP contribution in [0.4, 0.5) is 10.1 Å². The lowest BCUT2D eigenvalue weighted by Crippen LogP contribution is -2.57. The number of nitrogens with zero attached hydrogens (tertiary/aromatic N) is 1. The maximum atomic E-state index is 13.5. The van der Waals surface area contributed by atoms with Crippen molar-refractivity contribution in [2.45, 2.75) is 57.4 Å². The fourth-order valence-electron chi connectivity index (χ4n) is 6.77. The van der Waals surface area contributed by atoms with Gasteiger partial charge in [-0.3, -0.25) is 4.79 Å². The highest BCUT2D eigenvalue weighted by Crippen LogP contribution is 2.60. The minimum atomic E-state index is -0.210. The molecule has 0 spiro atoms. The summed E-state index contributed by atoms with van der Waals surface area (Å²) in [6, 6.07) is 6.82. The highest BCUT2D eigenvalue weighted by Gasteiger charge is 2.55. The zero-order chi connectivity index (χ0) is 17.7. The largest absolute Gasteiger partial charge is 0.381 e. The number of anilines is 1. The van der Waals surface area contributed by atoms with E-state index in [1.165, 1.54) is 31.4 Å². The van der Waals surface area contributed by atoms with Crippen LogP contribution >= 0.6 is 0 Å². The molecule has 1 aromatic carbocycles. The summed E-state index contributed by atoms with van der Waals surface area (Å²) in [6.45, 7) is 1.69. The molecule has 1 N–H and O–H groups in total. The van der Waals surface area contributed by atoms with Crippen LogP contribution in [0.2, 0.25) is 0 Å². The Morgan fingerprint density at radius 1 is 1.04 bits per heavy atom. The van der Waals surface area contributed by atoms with Gasteiger partial charge in [-0.1, -0.05) is 0 Å². The third kappa shape index (κ3) is 2.91. The van der Waals surface area contributed by atoms with E-state index in [-0.39, 0.29) is 17.3 Å². The van der Waals surface area contributed by atoms with Gasteiger partial charge < -0.3 is 10.2 Å². The monoisotopic (exact) mass is 356 g/mol. The van der Waals surface area contributed by atoms with E-state index in [1.807, 2.05) is 0 Å².